The topological polar surface area (TPSA) is 61.6 Å². The van der Waals surface area contributed by atoms with E-state index in [1.54, 1.807) is 10.9 Å². The zero-order chi connectivity index (χ0) is 12.3. The Morgan fingerprint density at radius 2 is 2.06 bits per heavy atom. The molecule has 0 unspecified atom stereocenters. The van der Waals surface area contributed by atoms with Gasteiger partial charge in [0.05, 0.1) is 18.3 Å². The summed E-state index contributed by atoms with van der Waals surface area (Å²) in [6.45, 7) is 6.01. The predicted octanol–water partition coefficient (Wildman–Crippen LogP) is -0.171. The summed E-state index contributed by atoms with van der Waals surface area (Å²) in [5, 5.41) is 12.8. The normalized spacial score (nSPS) is 18.4. The second-order valence-corrected chi connectivity index (χ2v) is 4.44. The van der Waals surface area contributed by atoms with Gasteiger partial charge in [0.15, 0.2) is 0 Å². The van der Waals surface area contributed by atoms with E-state index in [1.807, 2.05) is 0 Å². The van der Waals surface area contributed by atoms with E-state index in [0.717, 1.165) is 39.3 Å². The average Bonchev–Trinajstić information content (AvgIpc) is 2.77. The molecule has 1 aliphatic heterocycles. The van der Waals surface area contributed by atoms with Crippen LogP contribution in [0.4, 0.5) is 0 Å². The molecule has 1 fully saturated rings. The lowest BCUT2D eigenvalue weighted by Gasteiger charge is -2.32. The maximum absolute atomic E-state index is 10.7. The molecule has 0 amide bonds. The third-order valence-corrected chi connectivity index (χ3v) is 3.12. The standard InChI is InChI=1S/C11H18N4O2/c1-13-2-4-14(5-3-13)6-7-15-9-10(8-12-15)11(16)17/h8-9H,2-7H2,1H3,(H,16,17). The van der Waals surface area contributed by atoms with Crippen molar-refractivity contribution in [2.75, 3.05) is 39.8 Å². The van der Waals surface area contributed by atoms with Crippen LogP contribution in [0.3, 0.4) is 0 Å². The van der Waals surface area contributed by atoms with Crippen LogP contribution in [0.25, 0.3) is 0 Å². The summed E-state index contributed by atoms with van der Waals surface area (Å²) in [4.78, 5) is 15.4. The summed E-state index contributed by atoms with van der Waals surface area (Å²) < 4.78 is 1.70. The molecule has 0 bridgehead atoms. The van der Waals surface area contributed by atoms with Crippen LogP contribution >= 0.6 is 0 Å². The minimum absolute atomic E-state index is 0.253. The van der Waals surface area contributed by atoms with Crippen molar-refractivity contribution in [1.82, 2.24) is 19.6 Å². The van der Waals surface area contributed by atoms with Crippen LogP contribution in [0.15, 0.2) is 12.4 Å². The molecule has 1 aliphatic rings. The first-order valence-corrected chi connectivity index (χ1v) is 5.82. The largest absolute Gasteiger partial charge is 0.478 e. The van der Waals surface area contributed by atoms with E-state index >= 15 is 0 Å². The highest BCUT2D eigenvalue weighted by molar-refractivity contribution is 5.86. The Kier molecular flexibility index (Phi) is 3.75. The van der Waals surface area contributed by atoms with E-state index < -0.39 is 5.97 Å². The molecule has 0 spiro atoms. The smallest absolute Gasteiger partial charge is 0.338 e. The number of aromatic nitrogens is 2. The van der Waals surface area contributed by atoms with E-state index in [4.69, 9.17) is 5.11 Å². The van der Waals surface area contributed by atoms with Gasteiger partial charge in [-0.05, 0) is 7.05 Å². The van der Waals surface area contributed by atoms with Gasteiger partial charge in [-0.2, -0.15) is 5.10 Å². The number of hydrogen-bond donors (Lipinski definition) is 1. The van der Waals surface area contributed by atoms with E-state index in [2.05, 4.69) is 21.9 Å². The zero-order valence-corrected chi connectivity index (χ0v) is 10.0. The highest BCUT2D eigenvalue weighted by atomic mass is 16.4. The molecule has 2 heterocycles. The van der Waals surface area contributed by atoms with Crippen LogP contribution in [0.1, 0.15) is 10.4 Å². The Hall–Kier alpha value is -1.40. The number of hydrogen-bond acceptors (Lipinski definition) is 4. The fraction of sp³-hybridized carbons (Fsp3) is 0.636. The van der Waals surface area contributed by atoms with Crippen LogP contribution in [0.2, 0.25) is 0 Å². The Bertz CT molecular complexity index is 383. The highest BCUT2D eigenvalue weighted by Crippen LogP contribution is 2.01. The molecule has 17 heavy (non-hydrogen) atoms. The third kappa shape index (κ3) is 3.28. The fourth-order valence-electron chi connectivity index (χ4n) is 1.91. The van der Waals surface area contributed by atoms with Gasteiger partial charge < -0.3 is 10.0 Å². The third-order valence-electron chi connectivity index (χ3n) is 3.12. The van der Waals surface area contributed by atoms with Crippen molar-refractivity contribution >= 4 is 5.97 Å². The van der Waals surface area contributed by atoms with Gasteiger partial charge in [-0.15, -0.1) is 0 Å². The molecule has 0 radical (unpaired) electrons. The summed E-state index contributed by atoms with van der Waals surface area (Å²) in [6, 6.07) is 0. The summed E-state index contributed by atoms with van der Waals surface area (Å²) in [6.07, 6.45) is 2.98. The zero-order valence-electron chi connectivity index (χ0n) is 10.0. The van der Waals surface area contributed by atoms with Gasteiger partial charge in [-0.25, -0.2) is 4.79 Å². The number of piperazine rings is 1. The van der Waals surface area contributed by atoms with Gasteiger partial charge >= 0.3 is 5.97 Å². The number of nitrogens with zero attached hydrogens (tertiary/aromatic N) is 4. The van der Waals surface area contributed by atoms with Crippen molar-refractivity contribution in [3.63, 3.8) is 0 Å². The number of carboxylic acid groups (broad SMARTS) is 1. The van der Waals surface area contributed by atoms with Crippen molar-refractivity contribution in [1.29, 1.82) is 0 Å². The summed E-state index contributed by atoms with van der Waals surface area (Å²) in [5.74, 6) is -0.921. The molecule has 0 aliphatic carbocycles. The molecular weight excluding hydrogens is 220 g/mol. The first-order chi connectivity index (χ1) is 8.15. The quantitative estimate of drug-likeness (QED) is 0.789. The molecular formula is C11H18N4O2. The van der Waals surface area contributed by atoms with Crippen LogP contribution in [-0.2, 0) is 6.54 Å². The first kappa shape index (κ1) is 12.1. The first-order valence-electron chi connectivity index (χ1n) is 5.82. The predicted molar refractivity (Wildman–Crippen MR) is 63.1 cm³/mol. The summed E-state index contributed by atoms with van der Waals surface area (Å²) in [5.41, 5.74) is 0.253. The molecule has 0 aromatic carbocycles. The molecule has 1 saturated heterocycles. The SMILES string of the molecule is CN1CCN(CCn2cc(C(=O)O)cn2)CC1. The van der Waals surface area contributed by atoms with Gasteiger partial charge in [0.25, 0.3) is 0 Å². The van der Waals surface area contributed by atoms with E-state index in [-0.39, 0.29) is 5.56 Å². The van der Waals surface area contributed by atoms with Crippen LogP contribution in [-0.4, -0.2) is 70.4 Å². The second kappa shape index (κ2) is 5.29. The van der Waals surface area contributed by atoms with Gasteiger partial charge in [0, 0.05) is 38.9 Å². The van der Waals surface area contributed by atoms with Gasteiger partial charge in [0.2, 0.25) is 0 Å². The highest BCUT2D eigenvalue weighted by Gasteiger charge is 2.13. The molecule has 0 saturated carbocycles. The lowest BCUT2D eigenvalue weighted by atomic mass is 10.3. The Morgan fingerprint density at radius 3 is 2.65 bits per heavy atom. The van der Waals surface area contributed by atoms with Gasteiger partial charge in [-0.3, -0.25) is 9.58 Å². The van der Waals surface area contributed by atoms with Crippen molar-refractivity contribution < 1.29 is 9.90 Å². The molecule has 2 rings (SSSR count). The number of aromatic carboxylic acids is 1. The van der Waals surface area contributed by atoms with Gasteiger partial charge in [0.1, 0.15) is 0 Å². The van der Waals surface area contributed by atoms with Crippen LogP contribution in [0.5, 0.6) is 0 Å². The molecule has 6 nitrogen and oxygen atoms in total. The van der Waals surface area contributed by atoms with E-state index in [9.17, 15) is 4.79 Å². The molecule has 0 atom stereocenters. The van der Waals surface area contributed by atoms with Crippen molar-refractivity contribution in [3.8, 4) is 0 Å². The van der Waals surface area contributed by atoms with Gasteiger partial charge in [-0.1, -0.05) is 0 Å². The average molecular weight is 238 g/mol. The lowest BCUT2D eigenvalue weighted by molar-refractivity contribution is 0.0696. The number of rotatable bonds is 4. The second-order valence-electron chi connectivity index (χ2n) is 4.44. The minimum atomic E-state index is -0.921. The summed E-state index contributed by atoms with van der Waals surface area (Å²) >= 11 is 0. The maximum Gasteiger partial charge on any atom is 0.338 e. The van der Waals surface area contributed by atoms with Crippen molar-refractivity contribution in [3.05, 3.63) is 18.0 Å². The molecule has 6 heteroatoms. The Morgan fingerprint density at radius 1 is 1.35 bits per heavy atom. The number of likely N-dealkylation sites (N-methyl/N-ethyl adjacent to an activating group) is 1. The van der Waals surface area contributed by atoms with E-state index in [0.29, 0.717) is 0 Å². The van der Waals surface area contributed by atoms with E-state index in [1.165, 1.54) is 6.20 Å². The Balaban J connectivity index is 1.79. The van der Waals surface area contributed by atoms with Crippen molar-refractivity contribution in [2.45, 2.75) is 6.54 Å². The van der Waals surface area contributed by atoms with Crippen molar-refractivity contribution in [2.24, 2.45) is 0 Å². The van der Waals surface area contributed by atoms with Crippen LogP contribution in [0, 0.1) is 0 Å². The number of carbonyl (C=O) groups is 1. The lowest BCUT2D eigenvalue weighted by Crippen LogP contribution is -2.45. The monoisotopic (exact) mass is 238 g/mol. The summed E-state index contributed by atoms with van der Waals surface area (Å²) in [7, 11) is 2.13. The maximum atomic E-state index is 10.7. The minimum Gasteiger partial charge on any atom is -0.478 e. The molecule has 1 aromatic heterocycles. The fourth-order valence-corrected chi connectivity index (χ4v) is 1.91. The molecule has 1 N–H and O–H groups in total. The molecule has 94 valence electrons. The number of carboxylic acids is 1. The molecule has 1 aromatic rings. The Labute approximate surface area is 100 Å². The van der Waals surface area contributed by atoms with Crippen LogP contribution < -0.4 is 0 Å².